The predicted octanol–water partition coefficient (Wildman–Crippen LogP) is -0.343. The summed E-state index contributed by atoms with van der Waals surface area (Å²) in [5.41, 5.74) is 0.400. The Kier molecular flexibility index (Phi) is 5.13. The lowest BCUT2D eigenvalue weighted by molar-refractivity contribution is -0.117. The minimum Gasteiger partial charge on any atom is -0.309 e. The molecule has 2 atom stereocenters. The molecular weight excluding hydrogens is 216 g/mol. The van der Waals surface area contributed by atoms with E-state index in [2.05, 4.69) is 16.6 Å². The lowest BCUT2D eigenvalue weighted by Gasteiger charge is -2.22. The molecule has 0 bridgehead atoms. The van der Waals surface area contributed by atoms with Gasteiger partial charge in [0.1, 0.15) is 0 Å². The molecule has 88 valence electrons. The Balaban J connectivity index is 4.69. The first kappa shape index (κ1) is 14.3. The summed E-state index contributed by atoms with van der Waals surface area (Å²) in [4.78, 5) is 11.6. The van der Waals surface area contributed by atoms with Gasteiger partial charge < -0.3 is 5.32 Å². The highest BCUT2D eigenvalue weighted by atomic mass is 32.2. The first-order valence-corrected chi connectivity index (χ1v) is 6.42. The number of ketones is 1. The van der Waals surface area contributed by atoms with Crippen LogP contribution in [-0.2, 0) is 14.8 Å². The van der Waals surface area contributed by atoms with E-state index in [1.54, 1.807) is 20.9 Å². The average molecular weight is 234 g/mol. The first-order chi connectivity index (χ1) is 6.69. The van der Waals surface area contributed by atoms with Crippen molar-refractivity contribution in [2.24, 2.45) is 0 Å². The van der Waals surface area contributed by atoms with Gasteiger partial charge in [-0.05, 0) is 26.5 Å². The lowest BCUT2D eigenvalue weighted by Crippen LogP contribution is -2.51. The standard InChI is InChI=1S/C9H18N2O3S/c1-6(2)9(12)8(10-4)7(3)11-15(5,13)14/h7-8,10-11H,1H2,2-5H3. The van der Waals surface area contributed by atoms with Crippen LogP contribution >= 0.6 is 0 Å². The van der Waals surface area contributed by atoms with E-state index in [1.165, 1.54) is 0 Å². The molecule has 0 rings (SSSR count). The van der Waals surface area contributed by atoms with Gasteiger partial charge in [0, 0.05) is 6.04 Å². The van der Waals surface area contributed by atoms with E-state index in [1.807, 2.05) is 0 Å². The second-order valence-corrected chi connectivity index (χ2v) is 5.37. The number of hydrogen-bond acceptors (Lipinski definition) is 4. The monoisotopic (exact) mass is 234 g/mol. The normalized spacial score (nSPS) is 15.7. The van der Waals surface area contributed by atoms with Crippen molar-refractivity contribution in [1.29, 1.82) is 0 Å². The van der Waals surface area contributed by atoms with Crippen molar-refractivity contribution < 1.29 is 13.2 Å². The first-order valence-electron chi connectivity index (χ1n) is 4.53. The van der Waals surface area contributed by atoms with E-state index in [0.29, 0.717) is 5.57 Å². The van der Waals surface area contributed by atoms with Crippen LogP contribution in [-0.4, -0.2) is 39.6 Å². The number of likely N-dealkylation sites (N-methyl/N-ethyl adjacent to an activating group) is 1. The molecule has 0 radical (unpaired) electrons. The third kappa shape index (κ3) is 5.06. The van der Waals surface area contributed by atoms with Gasteiger partial charge in [0.2, 0.25) is 10.0 Å². The molecule has 0 heterocycles. The van der Waals surface area contributed by atoms with E-state index < -0.39 is 22.1 Å². The number of hydrogen-bond donors (Lipinski definition) is 2. The fourth-order valence-electron chi connectivity index (χ4n) is 1.28. The highest BCUT2D eigenvalue weighted by Gasteiger charge is 2.25. The van der Waals surface area contributed by atoms with Crippen LogP contribution in [0, 0.1) is 0 Å². The van der Waals surface area contributed by atoms with Crippen molar-refractivity contribution in [3.05, 3.63) is 12.2 Å². The zero-order valence-electron chi connectivity index (χ0n) is 9.49. The van der Waals surface area contributed by atoms with E-state index in [9.17, 15) is 13.2 Å². The van der Waals surface area contributed by atoms with Crippen LogP contribution in [0.4, 0.5) is 0 Å². The van der Waals surface area contributed by atoms with E-state index >= 15 is 0 Å². The summed E-state index contributed by atoms with van der Waals surface area (Å²) in [6, 6.07) is -1.09. The Labute approximate surface area is 91.0 Å². The molecule has 2 N–H and O–H groups in total. The van der Waals surface area contributed by atoms with Gasteiger partial charge in [0.15, 0.2) is 5.78 Å². The number of carbonyl (C=O) groups excluding carboxylic acids is 1. The van der Waals surface area contributed by atoms with Gasteiger partial charge in [-0.15, -0.1) is 0 Å². The molecule has 0 saturated carbocycles. The highest BCUT2D eigenvalue weighted by Crippen LogP contribution is 2.02. The van der Waals surface area contributed by atoms with E-state index in [4.69, 9.17) is 0 Å². The molecule has 0 aromatic heterocycles. The topological polar surface area (TPSA) is 75.3 Å². The molecule has 0 amide bonds. The van der Waals surface area contributed by atoms with Crippen molar-refractivity contribution in [2.45, 2.75) is 25.9 Å². The average Bonchev–Trinajstić information content (AvgIpc) is 2.01. The number of carbonyl (C=O) groups is 1. The van der Waals surface area contributed by atoms with Crippen LogP contribution in [0.15, 0.2) is 12.2 Å². The second-order valence-electron chi connectivity index (χ2n) is 3.59. The largest absolute Gasteiger partial charge is 0.309 e. The molecule has 0 aromatic carbocycles. The van der Waals surface area contributed by atoms with Crippen LogP contribution < -0.4 is 10.0 Å². The van der Waals surface area contributed by atoms with Crippen LogP contribution in [0.5, 0.6) is 0 Å². The maximum absolute atomic E-state index is 11.6. The van der Waals surface area contributed by atoms with Crippen molar-refractivity contribution in [3.63, 3.8) is 0 Å². The van der Waals surface area contributed by atoms with Gasteiger partial charge >= 0.3 is 0 Å². The minimum atomic E-state index is -3.31. The molecule has 0 saturated heterocycles. The summed E-state index contributed by atoms with van der Waals surface area (Å²) < 4.78 is 24.3. The summed E-state index contributed by atoms with van der Waals surface area (Å²) in [7, 11) is -1.71. The quantitative estimate of drug-likeness (QED) is 0.616. The van der Waals surface area contributed by atoms with Gasteiger partial charge in [-0.25, -0.2) is 13.1 Å². The number of rotatable bonds is 6. The fourth-order valence-corrected chi connectivity index (χ4v) is 2.09. The van der Waals surface area contributed by atoms with Gasteiger partial charge in [-0.1, -0.05) is 6.58 Å². The second kappa shape index (κ2) is 5.39. The van der Waals surface area contributed by atoms with Gasteiger partial charge in [0.05, 0.1) is 12.3 Å². The smallest absolute Gasteiger partial charge is 0.209 e. The van der Waals surface area contributed by atoms with E-state index in [0.717, 1.165) is 6.26 Å². The minimum absolute atomic E-state index is 0.193. The van der Waals surface area contributed by atoms with Gasteiger partial charge in [-0.2, -0.15) is 0 Å². The third-order valence-electron chi connectivity index (χ3n) is 1.91. The van der Waals surface area contributed by atoms with Crippen molar-refractivity contribution in [3.8, 4) is 0 Å². The summed E-state index contributed by atoms with van der Waals surface area (Å²) in [6.45, 7) is 6.76. The van der Waals surface area contributed by atoms with Crippen molar-refractivity contribution in [2.75, 3.05) is 13.3 Å². The Morgan fingerprint density at radius 2 is 1.87 bits per heavy atom. The van der Waals surface area contributed by atoms with Crippen LogP contribution in [0.2, 0.25) is 0 Å². The van der Waals surface area contributed by atoms with Crippen LogP contribution in [0.25, 0.3) is 0 Å². The number of Topliss-reactive ketones (excluding diaryl/α,β-unsaturated/α-hetero) is 1. The molecule has 0 aromatic rings. The molecule has 0 fully saturated rings. The molecule has 0 aliphatic rings. The molecule has 2 unspecified atom stereocenters. The van der Waals surface area contributed by atoms with Crippen molar-refractivity contribution >= 4 is 15.8 Å². The third-order valence-corrected chi connectivity index (χ3v) is 2.71. The Morgan fingerprint density at radius 1 is 1.40 bits per heavy atom. The molecule has 6 heteroatoms. The zero-order chi connectivity index (χ0) is 12.2. The fraction of sp³-hybridized carbons (Fsp3) is 0.667. The Morgan fingerprint density at radius 3 is 2.13 bits per heavy atom. The van der Waals surface area contributed by atoms with E-state index in [-0.39, 0.29) is 5.78 Å². The molecule has 15 heavy (non-hydrogen) atoms. The van der Waals surface area contributed by atoms with Crippen LogP contribution in [0.1, 0.15) is 13.8 Å². The SMILES string of the molecule is C=C(C)C(=O)C(NC)C(C)NS(C)(=O)=O. The summed E-state index contributed by atoms with van der Waals surface area (Å²) in [5.74, 6) is -0.193. The van der Waals surface area contributed by atoms with Crippen molar-refractivity contribution in [1.82, 2.24) is 10.0 Å². The Hall–Kier alpha value is -0.720. The van der Waals surface area contributed by atoms with Gasteiger partial charge in [-0.3, -0.25) is 4.79 Å². The highest BCUT2D eigenvalue weighted by molar-refractivity contribution is 7.88. The lowest BCUT2D eigenvalue weighted by atomic mass is 10.0. The summed E-state index contributed by atoms with van der Waals surface area (Å²) in [6.07, 6.45) is 1.06. The van der Waals surface area contributed by atoms with Gasteiger partial charge in [0.25, 0.3) is 0 Å². The molecule has 5 nitrogen and oxygen atoms in total. The molecule has 0 spiro atoms. The maximum atomic E-state index is 11.6. The molecule has 0 aliphatic heterocycles. The molecular formula is C9H18N2O3S. The summed E-state index contributed by atoms with van der Waals surface area (Å²) >= 11 is 0. The number of sulfonamides is 1. The van der Waals surface area contributed by atoms with Crippen LogP contribution in [0.3, 0.4) is 0 Å². The Bertz CT molecular complexity index is 348. The predicted molar refractivity (Wildman–Crippen MR) is 60.1 cm³/mol. The molecule has 0 aliphatic carbocycles. The maximum Gasteiger partial charge on any atom is 0.209 e. The summed E-state index contributed by atoms with van der Waals surface area (Å²) in [5, 5.41) is 2.77. The number of nitrogens with one attached hydrogen (secondary N) is 2. The zero-order valence-corrected chi connectivity index (χ0v) is 10.3.